The second-order valence-electron chi connectivity index (χ2n) is 8.94. The number of hydrogen-bond donors (Lipinski definition) is 2. The molecule has 1 saturated carbocycles. The highest BCUT2D eigenvalue weighted by molar-refractivity contribution is 5.86. The zero-order chi connectivity index (χ0) is 23.8. The van der Waals surface area contributed by atoms with Gasteiger partial charge >= 0.3 is 6.09 Å². The van der Waals surface area contributed by atoms with Gasteiger partial charge in [0.1, 0.15) is 12.6 Å². The van der Waals surface area contributed by atoms with Crippen molar-refractivity contribution in [3.8, 4) is 0 Å². The van der Waals surface area contributed by atoms with Crippen molar-refractivity contribution in [1.29, 1.82) is 0 Å². The number of rotatable bonds is 11. The van der Waals surface area contributed by atoms with Gasteiger partial charge in [0.15, 0.2) is 0 Å². The van der Waals surface area contributed by atoms with Crippen LogP contribution in [0, 0.1) is 15.5 Å². The van der Waals surface area contributed by atoms with E-state index in [9.17, 15) is 19.7 Å². The number of fused-ring (bicyclic) bond motifs is 3. The summed E-state index contributed by atoms with van der Waals surface area (Å²) in [5.74, 6) is -0.335. The van der Waals surface area contributed by atoms with Crippen LogP contribution < -0.4 is 10.6 Å². The van der Waals surface area contributed by atoms with Crippen molar-refractivity contribution >= 4 is 17.7 Å². The van der Waals surface area contributed by atoms with Gasteiger partial charge in [0.25, 0.3) is 5.69 Å². The summed E-state index contributed by atoms with van der Waals surface area (Å²) in [6, 6.07) is 4.80. The molecule has 1 aromatic carbocycles. The van der Waals surface area contributed by atoms with E-state index in [1.807, 2.05) is 6.92 Å². The van der Waals surface area contributed by atoms with Gasteiger partial charge in [-0.1, -0.05) is 6.92 Å². The monoisotopic (exact) mass is 463 g/mol. The molecule has 1 aliphatic carbocycles. The Kier molecular flexibility index (Phi) is 8.62. The summed E-state index contributed by atoms with van der Waals surface area (Å²) in [6.07, 6.45) is 3.95. The quantitative estimate of drug-likeness (QED) is 0.381. The molecule has 2 amide bonds. The maximum absolute atomic E-state index is 12.7. The number of benzene rings is 1. The van der Waals surface area contributed by atoms with Crippen molar-refractivity contribution < 1.29 is 28.7 Å². The molecule has 2 heterocycles. The highest BCUT2D eigenvalue weighted by Crippen LogP contribution is 2.43. The average Bonchev–Trinajstić information content (AvgIpc) is 2.84. The summed E-state index contributed by atoms with van der Waals surface area (Å²) in [5.41, 5.74) is 0.529. The predicted octanol–water partition coefficient (Wildman–Crippen LogP) is 3.08. The fourth-order valence-electron chi connectivity index (χ4n) is 4.19. The molecular weight excluding hydrogens is 430 g/mol. The summed E-state index contributed by atoms with van der Waals surface area (Å²) in [4.78, 5) is 35.4. The third kappa shape index (κ3) is 6.88. The van der Waals surface area contributed by atoms with Crippen LogP contribution in [-0.2, 0) is 25.6 Å². The third-order valence-electron chi connectivity index (χ3n) is 6.36. The molecule has 2 bridgehead atoms. The van der Waals surface area contributed by atoms with Crippen LogP contribution in [0.15, 0.2) is 24.3 Å². The number of nitro benzene ring substituents is 1. The van der Waals surface area contributed by atoms with E-state index >= 15 is 0 Å². The smallest absolute Gasteiger partial charge is 0.408 e. The normalized spacial score (nSPS) is 23.4. The van der Waals surface area contributed by atoms with Crippen molar-refractivity contribution in [2.24, 2.45) is 5.41 Å². The number of nitrogens with one attached hydrogen (secondary N) is 2. The molecule has 0 radical (unpaired) electrons. The Morgan fingerprint density at radius 1 is 1.27 bits per heavy atom. The lowest BCUT2D eigenvalue weighted by atomic mass is 9.72. The summed E-state index contributed by atoms with van der Waals surface area (Å²) in [7, 11) is 0. The van der Waals surface area contributed by atoms with Crippen LogP contribution in [0.4, 0.5) is 10.5 Å². The molecule has 1 aromatic rings. The van der Waals surface area contributed by atoms with Gasteiger partial charge in [-0.05, 0) is 56.7 Å². The molecule has 2 atom stereocenters. The molecule has 33 heavy (non-hydrogen) atoms. The Bertz CT molecular complexity index is 808. The van der Waals surface area contributed by atoms with E-state index in [1.54, 1.807) is 6.92 Å². The SMILES string of the molecule is CCCNC(=O)[C@@H](NC(=O)OCc1ccc([N+](=O)[O-])cc1)[C@@H](C)OCC12CCC(CC1)OC2. The van der Waals surface area contributed by atoms with Gasteiger partial charge in [0, 0.05) is 24.1 Å². The third-order valence-corrected chi connectivity index (χ3v) is 6.36. The van der Waals surface area contributed by atoms with Crippen LogP contribution >= 0.6 is 0 Å². The van der Waals surface area contributed by atoms with Gasteiger partial charge < -0.3 is 24.8 Å². The highest BCUT2D eigenvalue weighted by Gasteiger charge is 2.42. The van der Waals surface area contributed by atoms with E-state index < -0.39 is 23.2 Å². The molecule has 182 valence electrons. The van der Waals surface area contributed by atoms with Crippen molar-refractivity contribution in [2.45, 2.75) is 70.8 Å². The lowest BCUT2D eigenvalue weighted by molar-refractivity contribution is -0.384. The molecule has 0 spiro atoms. The Labute approximate surface area is 193 Å². The van der Waals surface area contributed by atoms with Crippen molar-refractivity contribution in [2.75, 3.05) is 19.8 Å². The van der Waals surface area contributed by atoms with Gasteiger partial charge in [-0.25, -0.2) is 4.79 Å². The second kappa shape index (κ2) is 11.4. The fraction of sp³-hybridized carbons (Fsp3) is 0.652. The molecule has 2 saturated heterocycles. The number of nitro groups is 1. The predicted molar refractivity (Wildman–Crippen MR) is 120 cm³/mol. The topological polar surface area (TPSA) is 129 Å². The van der Waals surface area contributed by atoms with Gasteiger partial charge in [0.05, 0.1) is 30.3 Å². The zero-order valence-electron chi connectivity index (χ0n) is 19.2. The highest BCUT2D eigenvalue weighted by atomic mass is 16.6. The Morgan fingerprint density at radius 3 is 2.55 bits per heavy atom. The molecule has 10 nitrogen and oxygen atoms in total. The summed E-state index contributed by atoms with van der Waals surface area (Å²) in [6.45, 7) is 5.25. The molecule has 0 aromatic heterocycles. The number of carbonyl (C=O) groups is 2. The number of amides is 2. The Balaban J connectivity index is 1.55. The van der Waals surface area contributed by atoms with E-state index in [4.69, 9.17) is 14.2 Å². The summed E-state index contributed by atoms with van der Waals surface area (Å²) in [5, 5.41) is 16.2. The van der Waals surface area contributed by atoms with Crippen LogP contribution in [0.2, 0.25) is 0 Å². The molecule has 10 heteroatoms. The molecule has 4 rings (SSSR count). The van der Waals surface area contributed by atoms with E-state index in [1.165, 1.54) is 24.3 Å². The van der Waals surface area contributed by atoms with E-state index in [-0.39, 0.29) is 23.6 Å². The molecule has 2 aliphatic heterocycles. The van der Waals surface area contributed by atoms with Crippen molar-refractivity contribution in [3.05, 3.63) is 39.9 Å². The van der Waals surface area contributed by atoms with Crippen LogP contribution in [0.3, 0.4) is 0 Å². The summed E-state index contributed by atoms with van der Waals surface area (Å²) >= 11 is 0. The van der Waals surface area contributed by atoms with Gasteiger partial charge in [-0.2, -0.15) is 0 Å². The number of alkyl carbamates (subject to hydrolysis) is 1. The first kappa shape index (κ1) is 24.9. The van der Waals surface area contributed by atoms with Gasteiger partial charge in [-0.3, -0.25) is 14.9 Å². The maximum atomic E-state index is 12.7. The first-order chi connectivity index (χ1) is 15.8. The zero-order valence-corrected chi connectivity index (χ0v) is 19.2. The first-order valence-corrected chi connectivity index (χ1v) is 11.5. The van der Waals surface area contributed by atoms with Crippen LogP contribution in [0.5, 0.6) is 0 Å². The molecule has 3 fully saturated rings. The van der Waals surface area contributed by atoms with Crippen LogP contribution in [0.1, 0.15) is 51.5 Å². The van der Waals surface area contributed by atoms with Crippen molar-refractivity contribution in [1.82, 2.24) is 10.6 Å². The minimum Gasteiger partial charge on any atom is -0.445 e. The molecule has 3 aliphatic rings. The van der Waals surface area contributed by atoms with Gasteiger partial charge in [0.2, 0.25) is 5.91 Å². The van der Waals surface area contributed by atoms with Crippen LogP contribution in [-0.4, -0.2) is 54.9 Å². The number of hydrogen-bond acceptors (Lipinski definition) is 7. The molecule has 2 N–H and O–H groups in total. The van der Waals surface area contributed by atoms with Crippen molar-refractivity contribution in [3.63, 3.8) is 0 Å². The number of nitrogens with zero attached hydrogens (tertiary/aromatic N) is 1. The minimum absolute atomic E-state index is 0.0239. The largest absolute Gasteiger partial charge is 0.445 e. The van der Waals surface area contributed by atoms with E-state index in [0.717, 1.165) is 32.1 Å². The minimum atomic E-state index is -0.918. The number of carbonyl (C=O) groups excluding carboxylic acids is 2. The number of ether oxygens (including phenoxy) is 3. The molecular formula is C23H33N3O7. The lowest BCUT2D eigenvalue weighted by Gasteiger charge is -2.46. The van der Waals surface area contributed by atoms with E-state index in [2.05, 4.69) is 10.6 Å². The summed E-state index contributed by atoms with van der Waals surface area (Å²) < 4.78 is 17.2. The van der Waals surface area contributed by atoms with Crippen LogP contribution in [0.25, 0.3) is 0 Å². The van der Waals surface area contributed by atoms with Gasteiger partial charge in [-0.15, -0.1) is 0 Å². The van der Waals surface area contributed by atoms with E-state index in [0.29, 0.717) is 31.4 Å². The average molecular weight is 464 g/mol. The Hall–Kier alpha value is -2.72. The first-order valence-electron chi connectivity index (χ1n) is 11.5. The lowest BCUT2D eigenvalue weighted by Crippen LogP contribution is -2.54. The second-order valence-corrected chi connectivity index (χ2v) is 8.94. The maximum Gasteiger partial charge on any atom is 0.408 e. The fourth-order valence-corrected chi connectivity index (χ4v) is 4.19. The standard InChI is InChI=1S/C23H33N3O7/c1-3-12-24-21(27)20(16(2)32-14-23-10-8-19(9-11-23)33-15-23)25-22(28)31-13-17-4-6-18(7-5-17)26(29)30/h4-7,16,19-20H,3,8-15H2,1-2H3,(H,24,27)(H,25,28)/t16-,19?,20+,23?/m1/s1. The number of non-ortho nitro benzene ring substituents is 1. The Morgan fingerprint density at radius 2 is 1.97 bits per heavy atom. The molecule has 0 unspecified atom stereocenters.